The van der Waals surface area contributed by atoms with E-state index in [4.69, 9.17) is 10.5 Å². The van der Waals surface area contributed by atoms with Crippen molar-refractivity contribution in [3.63, 3.8) is 0 Å². The molecule has 2 amide bonds. The molecule has 0 aromatic carbocycles. The second-order valence-electron chi connectivity index (χ2n) is 8.14. The molecule has 2 atom stereocenters. The van der Waals surface area contributed by atoms with Gasteiger partial charge in [-0.15, -0.1) is 24.8 Å². The fourth-order valence-corrected chi connectivity index (χ4v) is 4.93. The van der Waals surface area contributed by atoms with Crippen LogP contribution in [0.3, 0.4) is 0 Å². The van der Waals surface area contributed by atoms with Gasteiger partial charge in [-0.05, 0) is 37.5 Å². The van der Waals surface area contributed by atoms with Gasteiger partial charge in [0.25, 0.3) is 0 Å². The molecule has 2 unspecified atom stereocenters. The summed E-state index contributed by atoms with van der Waals surface area (Å²) in [5.74, 6) is 1.57. The van der Waals surface area contributed by atoms with E-state index in [2.05, 4.69) is 10.2 Å². The van der Waals surface area contributed by atoms with Crippen LogP contribution in [0.1, 0.15) is 32.1 Å². The molecule has 2 aliphatic carbocycles. The maximum absolute atomic E-state index is 13.0. The van der Waals surface area contributed by atoms with E-state index >= 15 is 0 Å². The Balaban J connectivity index is 0.00000196. The highest BCUT2D eigenvalue weighted by Gasteiger charge is 2.41. The highest BCUT2D eigenvalue weighted by Crippen LogP contribution is 2.42. The van der Waals surface area contributed by atoms with Crippen LogP contribution in [-0.2, 0) is 14.3 Å². The molecule has 3 N–H and O–H groups in total. The second kappa shape index (κ2) is 12.2. The predicted molar refractivity (Wildman–Crippen MR) is 114 cm³/mol. The lowest BCUT2D eigenvalue weighted by Gasteiger charge is -2.45. The lowest BCUT2D eigenvalue weighted by atomic mass is 9.65. The minimum absolute atomic E-state index is 0. The van der Waals surface area contributed by atoms with Crippen molar-refractivity contribution in [1.29, 1.82) is 0 Å². The molecule has 1 heterocycles. The van der Waals surface area contributed by atoms with Crippen molar-refractivity contribution in [2.75, 3.05) is 53.0 Å². The molecule has 1 aliphatic heterocycles. The number of methoxy groups -OCH3 is 1. The summed E-state index contributed by atoms with van der Waals surface area (Å²) in [6.45, 7) is 4.45. The number of rotatable bonds is 6. The van der Waals surface area contributed by atoms with Gasteiger partial charge in [0.15, 0.2) is 0 Å². The fraction of sp³-hybridized carbons (Fsp3) is 0.895. The molecule has 0 radical (unpaired) electrons. The molecule has 3 fully saturated rings. The topological polar surface area (TPSA) is 87.9 Å². The third-order valence-electron chi connectivity index (χ3n) is 6.44. The van der Waals surface area contributed by atoms with Gasteiger partial charge in [0, 0.05) is 51.8 Å². The normalized spacial score (nSPS) is 30.0. The summed E-state index contributed by atoms with van der Waals surface area (Å²) in [6.07, 6.45) is 5.59. The summed E-state index contributed by atoms with van der Waals surface area (Å²) in [5.41, 5.74) is 6.36. The number of fused-ring (bicyclic) bond motifs is 2. The molecular weight excluding hydrogens is 403 g/mol. The minimum atomic E-state index is 0. The Labute approximate surface area is 180 Å². The van der Waals surface area contributed by atoms with E-state index in [1.807, 2.05) is 4.90 Å². The van der Waals surface area contributed by atoms with Gasteiger partial charge in [0.2, 0.25) is 11.8 Å². The number of ether oxygens (including phenoxy) is 1. The SMILES string of the molecule is COCCNC(=O)CN1CCN(C(=O)C2CC3CCCC(C2)C3N)CC1.Cl.Cl. The number of carbonyl (C=O) groups excluding carboxylic acids is 2. The molecule has 0 aromatic rings. The van der Waals surface area contributed by atoms with Crippen molar-refractivity contribution in [3.8, 4) is 0 Å². The van der Waals surface area contributed by atoms with Crippen molar-refractivity contribution in [2.24, 2.45) is 23.5 Å². The lowest BCUT2D eigenvalue weighted by Crippen LogP contribution is -2.54. The Morgan fingerprint density at radius 1 is 1.07 bits per heavy atom. The Bertz CT molecular complexity index is 490. The Kier molecular flexibility index (Phi) is 11.1. The first kappa shape index (κ1) is 25.4. The highest BCUT2D eigenvalue weighted by atomic mass is 35.5. The Hall–Kier alpha value is -0.600. The maximum atomic E-state index is 13.0. The number of nitrogens with one attached hydrogen (secondary N) is 1. The van der Waals surface area contributed by atoms with Crippen LogP contribution < -0.4 is 11.1 Å². The van der Waals surface area contributed by atoms with Gasteiger partial charge < -0.3 is 20.7 Å². The van der Waals surface area contributed by atoms with Crippen LogP contribution >= 0.6 is 24.8 Å². The Morgan fingerprint density at radius 3 is 2.25 bits per heavy atom. The van der Waals surface area contributed by atoms with Gasteiger partial charge in [-0.1, -0.05) is 6.42 Å². The fourth-order valence-electron chi connectivity index (χ4n) is 4.93. The number of halogens is 2. The van der Waals surface area contributed by atoms with Crippen molar-refractivity contribution in [2.45, 2.75) is 38.1 Å². The average molecular weight is 439 g/mol. The van der Waals surface area contributed by atoms with E-state index in [1.165, 1.54) is 19.3 Å². The summed E-state index contributed by atoms with van der Waals surface area (Å²) in [4.78, 5) is 29.0. The number of carbonyl (C=O) groups is 2. The van der Waals surface area contributed by atoms with Gasteiger partial charge >= 0.3 is 0 Å². The van der Waals surface area contributed by atoms with Crippen molar-refractivity contribution in [1.82, 2.24) is 15.1 Å². The molecule has 1 saturated heterocycles. The third kappa shape index (κ3) is 6.46. The number of hydrogen-bond acceptors (Lipinski definition) is 5. The largest absolute Gasteiger partial charge is 0.383 e. The molecule has 9 heteroatoms. The molecule has 3 aliphatic rings. The van der Waals surface area contributed by atoms with Crippen LogP contribution in [0.5, 0.6) is 0 Å². The number of nitrogens with zero attached hydrogens (tertiary/aromatic N) is 2. The molecule has 164 valence electrons. The number of piperazine rings is 1. The van der Waals surface area contributed by atoms with Crippen molar-refractivity contribution >= 4 is 36.6 Å². The zero-order valence-electron chi connectivity index (χ0n) is 16.8. The summed E-state index contributed by atoms with van der Waals surface area (Å²) in [6, 6.07) is 0.307. The van der Waals surface area contributed by atoms with E-state index in [0.717, 1.165) is 39.0 Å². The molecule has 7 nitrogen and oxygen atoms in total. The molecule has 2 saturated carbocycles. The molecule has 0 aromatic heterocycles. The van der Waals surface area contributed by atoms with Gasteiger partial charge in [-0.2, -0.15) is 0 Å². The van der Waals surface area contributed by atoms with Gasteiger partial charge in [-0.3, -0.25) is 14.5 Å². The quantitative estimate of drug-likeness (QED) is 0.601. The van der Waals surface area contributed by atoms with Crippen LogP contribution in [-0.4, -0.2) is 80.6 Å². The van der Waals surface area contributed by atoms with Gasteiger partial charge in [0.1, 0.15) is 0 Å². The first-order valence-corrected chi connectivity index (χ1v) is 10.1. The first-order valence-electron chi connectivity index (χ1n) is 10.1. The summed E-state index contributed by atoms with van der Waals surface area (Å²) in [5, 5.41) is 2.85. The van der Waals surface area contributed by atoms with Crippen LogP contribution in [0, 0.1) is 17.8 Å². The van der Waals surface area contributed by atoms with Crippen LogP contribution in [0.25, 0.3) is 0 Å². The second-order valence-corrected chi connectivity index (χ2v) is 8.14. The maximum Gasteiger partial charge on any atom is 0.234 e. The molecule has 2 bridgehead atoms. The number of hydrogen-bond donors (Lipinski definition) is 2. The van der Waals surface area contributed by atoms with E-state index < -0.39 is 0 Å². The summed E-state index contributed by atoms with van der Waals surface area (Å²) >= 11 is 0. The molecule has 28 heavy (non-hydrogen) atoms. The third-order valence-corrected chi connectivity index (χ3v) is 6.44. The van der Waals surface area contributed by atoms with E-state index in [9.17, 15) is 9.59 Å². The zero-order valence-corrected chi connectivity index (χ0v) is 18.4. The minimum Gasteiger partial charge on any atom is -0.383 e. The molecule has 0 spiro atoms. The van der Waals surface area contributed by atoms with E-state index in [0.29, 0.717) is 43.5 Å². The summed E-state index contributed by atoms with van der Waals surface area (Å²) < 4.78 is 4.93. The van der Waals surface area contributed by atoms with E-state index in [1.54, 1.807) is 7.11 Å². The van der Waals surface area contributed by atoms with Crippen LogP contribution in [0.2, 0.25) is 0 Å². The Morgan fingerprint density at radius 2 is 1.68 bits per heavy atom. The standard InChI is InChI=1S/C19H34N4O3.2ClH/c1-26-10-5-21-17(24)13-22-6-8-23(9-7-22)19(25)16-11-14-3-2-4-15(12-16)18(14)20;;/h14-16,18H,2-13,20H2,1H3,(H,21,24);2*1H. The van der Waals surface area contributed by atoms with Crippen molar-refractivity contribution in [3.05, 3.63) is 0 Å². The smallest absolute Gasteiger partial charge is 0.234 e. The van der Waals surface area contributed by atoms with Gasteiger partial charge in [0.05, 0.1) is 13.2 Å². The first-order chi connectivity index (χ1) is 12.6. The monoisotopic (exact) mass is 438 g/mol. The van der Waals surface area contributed by atoms with Crippen LogP contribution in [0.15, 0.2) is 0 Å². The highest BCUT2D eigenvalue weighted by molar-refractivity contribution is 5.85. The van der Waals surface area contributed by atoms with Crippen LogP contribution in [0.4, 0.5) is 0 Å². The number of amides is 2. The average Bonchev–Trinajstić information content (AvgIpc) is 2.62. The molecular formula is C19H36Cl2N4O3. The van der Waals surface area contributed by atoms with E-state index in [-0.39, 0.29) is 36.6 Å². The number of nitrogens with two attached hydrogens (primary N) is 1. The lowest BCUT2D eigenvalue weighted by molar-refractivity contribution is -0.140. The zero-order chi connectivity index (χ0) is 18.5. The predicted octanol–water partition coefficient (Wildman–Crippen LogP) is 0.890. The summed E-state index contributed by atoms with van der Waals surface area (Å²) in [7, 11) is 1.62. The molecule has 3 rings (SSSR count). The van der Waals surface area contributed by atoms with Gasteiger partial charge in [-0.25, -0.2) is 0 Å². The van der Waals surface area contributed by atoms with Crippen molar-refractivity contribution < 1.29 is 14.3 Å².